The molecule has 2 aromatic rings. The van der Waals surface area contributed by atoms with E-state index < -0.39 is 17.7 Å². The van der Waals surface area contributed by atoms with Gasteiger partial charge >= 0.3 is 0 Å². The van der Waals surface area contributed by atoms with Crippen molar-refractivity contribution in [1.82, 2.24) is 9.80 Å². The van der Waals surface area contributed by atoms with E-state index in [0.717, 1.165) is 17.5 Å². The number of nitrogens with zero attached hydrogens (tertiary/aromatic N) is 2. The maximum Gasteiger partial charge on any atom is 0.295 e. The minimum atomic E-state index is -0.639. The van der Waals surface area contributed by atoms with E-state index >= 15 is 0 Å². The summed E-state index contributed by atoms with van der Waals surface area (Å²) in [7, 11) is 3.20. The molecule has 0 aromatic heterocycles. The van der Waals surface area contributed by atoms with Gasteiger partial charge in [0.2, 0.25) is 11.7 Å². The Bertz CT molecular complexity index is 1120. The first-order valence-corrected chi connectivity index (χ1v) is 11.5. The van der Waals surface area contributed by atoms with Crippen LogP contribution in [0.1, 0.15) is 46.8 Å². The van der Waals surface area contributed by atoms with E-state index in [1.807, 2.05) is 17.0 Å². The first-order chi connectivity index (χ1) is 15.9. The van der Waals surface area contributed by atoms with Gasteiger partial charge in [-0.3, -0.25) is 14.4 Å². The number of rotatable bonds is 4. The molecule has 3 aliphatic rings. The molecule has 1 unspecified atom stereocenters. The van der Waals surface area contributed by atoms with Crippen LogP contribution in [0, 0.1) is 0 Å². The number of hydrogen-bond acceptors (Lipinski definition) is 5. The number of methoxy groups -OCH3 is 2. The maximum atomic E-state index is 13.6. The van der Waals surface area contributed by atoms with E-state index in [0.29, 0.717) is 42.3 Å². The summed E-state index contributed by atoms with van der Waals surface area (Å²) in [5.41, 5.74) is 2.21. The maximum absolute atomic E-state index is 13.6. The van der Waals surface area contributed by atoms with Crippen molar-refractivity contribution in [2.24, 2.45) is 0 Å². The summed E-state index contributed by atoms with van der Waals surface area (Å²) < 4.78 is 11.1. The predicted molar refractivity (Wildman–Crippen MR) is 122 cm³/mol. The van der Waals surface area contributed by atoms with Gasteiger partial charge in [0.05, 0.1) is 26.3 Å². The van der Waals surface area contributed by atoms with Crippen molar-refractivity contribution in [3.8, 4) is 11.5 Å². The summed E-state index contributed by atoms with van der Waals surface area (Å²) in [5, 5.41) is 0.487. The highest BCUT2D eigenvalue weighted by molar-refractivity contribution is 6.43. The van der Waals surface area contributed by atoms with Crippen LogP contribution in [-0.2, 0) is 16.0 Å². The van der Waals surface area contributed by atoms with E-state index in [9.17, 15) is 14.4 Å². The lowest BCUT2D eigenvalue weighted by atomic mass is 9.78. The molecule has 8 heteroatoms. The molecule has 0 N–H and O–H groups in total. The van der Waals surface area contributed by atoms with Crippen LogP contribution < -0.4 is 9.47 Å². The van der Waals surface area contributed by atoms with E-state index in [2.05, 4.69) is 0 Å². The van der Waals surface area contributed by atoms with Crippen molar-refractivity contribution in [2.45, 2.75) is 43.8 Å². The molecule has 172 valence electrons. The van der Waals surface area contributed by atoms with Crippen LogP contribution >= 0.6 is 11.6 Å². The molecule has 3 atom stereocenters. The van der Waals surface area contributed by atoms with Gasteiger partial charge in [0.25, 0.3) is 5.91 Å². The molecule has 2 bridgehead atoms. The molecule has 3 heterocycles. The number of halogens is 1. The zero-order valence-corrected chi connectivity index (χ0v) is 19.3. The predicted octanol–water partition coefficient (Wildman–Crippen LogP) is 3.43. The van der Waals surface area contributed by atoms with E-state index in [1.54, 1.807) is 43.4 Å². The number of piperazine rings is 1. The molecule has 3 aliphatic heterocycles. The quantitative estimate of drug-likeness (QED) is 0.507. The number of amides is 2. The highest BCUT2D eigenvalue weighted by atomic mass is 35.5. The Morgan fingerprint density at radius 2 is 1.82 bits per heavy atom. The number of carbonyl (C=O) groups excluding carboxylic acids is 3. The summed E-state index contributed by atoms with van der Waals surface area (Å²) in [5.74, 6) is -0.0419. The normalized spacial score (nSPS) is 23.5. The Labute approximate surface area is 197 Å². The smallest absolute Gasteiger partial charge is 0.295 e. The summed E-state index contributed by atoms with van der Waals surface area (Å²) >= 11 is 5.94. The van der Waals surface area contributed by atoms with Crippen molar-refractivity contribution in [2.75, 3.05) is 20.8 Å². The summed E-state index contributed by atoms with van der Waals surface area (Å²) in [6, 6.07) is 8.76. The fourth-order valence-corrected chi connectivity index (χ4v) is 5.70. The van der Waals surface area contributed by atoms with Crippen LogP contribution in [0.25, 0.3) is 0 Å². The van der Waals surface area contributed by atoms with Gasteiger partial charge in [0, 0.05) is 28.8 Å². The number of carbonyl (C=O) groups is 3. The molecule has 0 aliphatic carbocycles. The molecule has 2 aromatic carbocycles. The number of piperidine rings is 1. The summed E-state index contributed by atoms with van der Waals surface area (Å²) in [6.45, 7) is 0.562. The molecule has 7 nitrogen and oxygen atoms in total. The van der Waals surface area contributed by atoms with Gasteiger partial charge in [-0.2, -0.15) is 0 Å². The number of hydrogen-bond donors (Lipinski definition) is 0. The molecule has 2 saturated heterocycles. The van der Waals surface area contributed by atoms with Gasteiger partial charge in [-0.15, -0.1) is 0 Å². The van der Waals surface area contributed by atoms with Crippen LogP contribution in [0.4, 0.5) is 0 Å². The van der Waals surface area contributed by atoms with Crippen molar-refractivity contribution >= 4 is 29.2 Å². The summed E-state index contributed by atoms with van der Waals surface area (Å²) in [4.78, 5) is 43.6. The Hall–Kier alpha value is -3.06. The highest BCUT2D eigenvalue weighted by Gasteiger charge is 2.54. The first kappa shape index (κ1) is 21.8. The van der Waals surface area contributed by atoms with Gasteiger partial charge in [-0.25, -0.2) is 0 Å². The molecule has 5 rings (SSSR count). The van der Waals surface area contributed by atoms with E-state index in [4.69, 9.17) is 21.1 Å². The zero-order valence-electron chi connectivity index (χ0n) is 18.5. The second-order valence-electron chi connectivity index (χ2n) is 8.69. The number of ether oxygens (including phenoxy) is 2. The average molecular weight is 469 g/mol. The number of ketones is 1. The van der Waals surface area contributed by atoms with Crippen LogP contribution in [-0.4, -0.2) is 60.2 Å². The van der Waals surface area contributed by atoms with Crippen molar-refractivity contribution in [3.63, 3.8) is 0 Å². The van der Waals surface area contributed by atoms with Crippen LogP contribution in [0.2, 0.25) is 5.02 Å². The third kappa shape index (κ3) is 3.46. The lowest BCUT2D eigenvalue weighted by Gasteiger charge is -2.55. The minimum Gasteiger partial charge on any atom is -0.497 e. The lowest BCUT2D eigenvalue weighted by Crippen LogP contribution is -2.68. The van der Waals surface area contributed by atoms with Gasteiger partial charge in [0.15, 0.2) is 0 Å². The molecular weight excluding hydrogens is 444 g/mol. The fourth-order valence-electron chi connectivity index (χ4n) is 5.58. The van der Waals surface area contributed by atoms with Gasteiger partial charge in [-0.1, -0.05) is 11.6 Å². The third-order valence-corrected chi connectivity index (χ3v) is 7.30. The molecule has 33 heavy (non-hydrogen) atoms. The summed E-state index contributed by atoms with van der Waals surface area (Å²) in [6.07, 6.45) is 2.77. The van der Waals surface area contributed by atoms with Crippen molar-refractivity contribution in [1.29, 1.82) is 0 Å². The van der Waals surface area contributed by atoms with Crippen LogP contribution in [0.3, 0.4) is 0 Å². The lowest BCUT2D eigenvalue weighted by molar-refractivity contribution is -0.164. The minimum absolute atomic E-state index is 0.100. The Kier molecular flexibility index (Phi) is 5.52. The van der Waals surface area contributed by atoms with Crippen LogP contribution in [0.5, 0.6) is 11.5 Å². The Balaban J connectivity index is 1.58. The van der Waals surface area contributed by atoms with Gasteiger partial charge in [0.1, 0.15) is 17.5 Å². The fraction of sp³-hybridized carbons (Fsp3) is 0.400. The molecule has 0 saturated carbocycles. The number of benzene rings is 2. The molecule has 2 amide bonds. The average Bonchev–Trinajstić information content (AvgIpc) is 2.85. The topological polar surface area (TPSA) is 76.2 Å². The zero-order chi connectivity index (χ0) is 23.3. The SMILES string of the molecule is COc1cc2c(c(OC)c1)C1[C@H]3CCC[C@@H](C(=O)N1CC2)N3C(=O)C(=O)c1ccc(Cl)cc1. The molecule has 2 fully saturated rings. The van der Waals surface area contributed by atoms with Gasteiger partial charge < -0.3 is 19.3 Å². The molecular formula is C25H25ClN2O5. The standard InChI is InChI=1S/C25H25ClN2O5/c1-32-17-12-15-10-11-27-22(21(15)20(13-17)33-2)18-4-3-5-19(24(27)30)28(18)25(31)23(29)14-6-8-16(26)9-7-14/h6-9,12-13,18-19,22H,3-5,10-11H2,1-2H3/t18-,19+,22?/m1/s1. The Morgan fingerprint density at radius 1 is 1.06 bits per heavy atom. The third-order valence-electron chi connectivity index (χ3n) is 7.05. The number of fused-ring (bicyclic) bond motifs is 6. The first-order valence-electron chi connectivity index (χ1n) is 11.1. The Morgan fingerprint density at radius 3 is 2.52 bits per heavy atom. The van der Waals surface area contributed by atoms with Gasteiger partial charge in [-0.05, 0) is 61.6 Å². The van der Waals surface area contributed by atoms with E-state index in [1.165, 1.54) is 0 Å². The second-order valence-corrected chi connectivity index (χ2v) is 9.13. The number of Topliss-reactive ketones (excluding diaryl/α,β-unsaturated/α-hetero) is 1. The molecule has 0 radical (unpaired) electrons. The molecule has 0 spiro atoms. The van der Waals surface area contributed by atoms with Crippen molar-refractivity contribution in [3.05, 3.63) is 58.1 Å². The second kappa shape index (κ2) is 8.37. The highest BCUT2D eigenvalue weighted by Crippen LogP contribution is 2.48. The van der Waals surface area contributed by atoms with Crippen LogP contribution in [0.15, 0.2) is 36.4 Å². The monoisotopic (exact) mass is 468 g/mol. The van der Waals surface area contributed by atoms with Crippen molar-refractivity contribution < 1.29 is 23.9 Å². The largest absolute Gasteiger partial charge is 0.497 e. The van der Waals surface area contributed by atoms with E-state index in [-0.39, 0.29) is 23.6 Å².